The van der Waals surface area contributed by atoms with E-state index in [2.05, 4.69) is 15.5 Å². The average Bonchev–Trinajstić information content (AvgIpc) is 2.75. The third-order valence-electron chi connectivity index (χ3n) is 3.04. The molecule has 0 saturated carbocycles. The Hall–Kier alpha value is 0.270. The van der Waals surface area contributed by atoms with Gasteiger partial charge in [-0.15, -0.1) is 0 Å². The molecule has 0 aromatic carbocycles. The monoisotopic (exact) mass is 186 g/mol. The van der Waals surface area contributed by atoms with Crippen LogP contribution in [0.15, 0.2) is 0 Å². The van der Waals surface area contributed by atoms with Crippen LogP contribution in [0.2, 0.25) is 0 Å². The van der Waals surface area contributed by atoms with Crippen LogP contribution >= 0.6 is 11.9 Å². The molecular weight excluding hydrogens is 168 g/mol. The van der Waals surface area contributed by atoms with Crippen LogP contribution in [0.3, 0.4) is 0 Å². The van der Waals surface area contributed by atoms with E-state index in [4.69, 9.17) is 0 Å². The van der Waals surface area contributed by atoms with Crippen LogP contribution in [0, 0.1) is 0 Å². The van der Waals surface area contributed by atoms with E-state index in [0.717, 1.165) is 6.04 Å². The van der Waals surface area contributed by atoms with E-state index in [-0.39, 0.29) is 0 Å². The summed E-state index contributed by atoms with van der Waals surface area (Å²) in [4.78, 5) is 2.68. The highest BCUT2D eigenvalue weighted by Crippen LogP contribution is 2.23. The van der Waals surface area contributed by atoms with Crippen LogP contribution in [0.5, 0.6) is 0 Å². The Morgan fingerprint density at radius 1 is 1.17 bits per heavy atom. The Balaban J connectivity index is 1.81. The highest BCUT2D eigenvalue weighted by Gasteiger charge is 2.28. The van der Waals surface area contributed by atoms with Gasteiger partial charge in [0.25, 0.3) is 0 Å². The standard InChI is InChI=1S/C9H18N2S/c1-12-11-7-4-9(8-11)10-5-2-3-6-10/h9H,2-8H2,1H3. The van der Waals surface area contributed by atoms with Gasteiger partial charge in [0, 0.05) is 19.1 Å². The molecule has 0 aromatic rings. The molecule has 2 aliphatic rings. The Bertz CT molecular complexity index is 145. The first-order chi connectivity index (χ1) is 5.90. The first-order valence-electron chi connectivity index (χ1n) is 4.93. The van der Waals surface area contributed by atoms with Crippen molar-refractivity contribution in [3.63, 3.8) is 0 Å². The first-order valence-corrected chi connectivity index (χ1v) is 6.11. The fourth-order valence-electron chi connectivity index (χ4n) is 2.28. The minimum absolute atomic E-state index is 0.875. The Morgan fingerprint density at radius 2 is 1.92 bits per heavy atom. The molecule has 0 aromatic heterocycles. The molecule has 2 fully saturated rings. The van der Waals surface area contributed by atoms with Gasteiger partial charge >= 0.3 is 0 Å². The van der Waals surface area contributed by atoms with Crippen molar-refractivity contribution < 1.29 is 0 Å². The molecule has 1 atom stereocenters. The highest BCUT2D eigenvalue weighted by molar-refractivity contribution is 7.96. The Kier molecular flexibility index (Phi) is 2.94. The van der Waals surface area contributed by atoms with Crippen molar-refractivity contribution in [1.82, 2.24) is 9.21 Å². The predicted molar refractivity (Wildman–Crippen MR) is 54.3 cm³/mol. The van der Waals surface area contributed by atoms with Crippen LogP contribution in [0.4, 0.5) is 0 Å². The summed E-state index contributed by atoms with van der Waals surface area (Å²) in [6.07, 6.45) is 6.43. The SMILES string of the molecule is CSN1CCC(N2CCCC2)C1. The number of nitrogens with zero attached hydrogens (tertiary/aromatic N) is 2. The molecule has 12 heavy (non-hydrogen) atoms. The maximum absolute atomic E-state index is 2.68. The van der Waals surface area contributed by atoms with Gasteiger partial charge in [-0.2, -0.15) is 0 Å². The zero-order valence-corrected chi connectivity index (χ0v) is 8.65. The lowest BCUT2D eigenvalue weighted by atomic mass is 10.2. The van der Waals surface area contributed by atoms with Crippen LogP contribution < -0.4 is 0 Å². The van der Waals surface area contributed by atoms with Crippen molar-refractivity contribution >= 4 is 11.9 Å². The second kappa shape index (κ2) is 3.99. The maximum atomic E-state index is 2.68. The summed E-state index contributed by atoms with van der Waals surface area (Å²) in [6.45, 7) is 5.29. The summed E-state index contributed by atoms with van der Waals surface area (Å²) in [5, 5.41) is 0. The minimum atomic E-state index is 0.875. The number of hydrogen-bond donors (Lipinski definition) is 0. The third kappa shape index (κ3) is 1.78. The third-order valence-corrected chi connectivity index (χ3v) is 3.89. The zero-order valence-electron chi connectivity index (χ0n) is 7.83. The average molecular weight is 186 g/mol. The lowest BCUT2D eigenvalue weighted by Gasteiger charge is -2.22. The fraction of sp³-hybridized carbons (Fsp3) is 1.00. The van der Waals surface area contributed by atoms with E-state index in [1.54, 1.807) is 0 Å². The molecule has 0 amide bonds. The van der Waals surface area contributed by atoms with Gasteiger partial charge in [-0.05, 0) is 38.6 Å². The van der Waals surface area contributed by atoms with Crippen molar-refractivity contribution in [3.8, 4) is 0 Å². The van der Waals surface area contributed by atoms with Gasteiger partial charge in [-0.1, -0.05) is 11.9 Å². The molecule has 2 saturated heterocycles. The summed E-state index contributed by atoms with van der Waals surface area (Å²) in [7, 11) is 0. The molecule has 2 heterocycles. The molecule has 0 N–H and O–H groups in total. The molecule has 2 rings (SSSR count). The molecule has 2 aliphatic heterocycles. The molecule has 70 valence electrons. The minimum Gasteiger partial charge on any atom is -0.299 e. The predicted octanol–water partition coefficient (Wildman–Crippen LogP) is 1.43. The van der Waals surface area contributed by atoms with Gasteiger partial charge in [-0.3, -0.25) is 4.90 Å². The van der Waals surface area contributed by atoms with E-state index < -0.39 is 0 Å². The number of likely N-dealkylation sites (tertiary alicyclic amines) is 1. The summed E-state index contributed by atoms with van der Waals surface area (Å²) in [5.74, 6) is 0. The van der Waals surface area contributed by atoms with Gasteiger partial charge in [0.05, 0.1) is 0 Å². The smallest absolute Gasteiger partial charge is 0.0246 e. The van der Waals surface area contributed by atoms with Gasteiger partial charge < -0.3 is 0 Å². The zero-order chi connectivity index (χ0) is 8.39. The van der Waals surface area contributed by atoms with E-state index in [0.29, 0.717) is 0 Å². The lowest BCUT2D eigenvalue weighted by Crippen LogP contribution is -2.34. The molecule has 0 radical (unpaired) electrons. The van der Waals surface area contributed by atoms with E-state index >= 15 is 0 Å². The second-order valence-corrected chi connectivity index (χ2v) is 4.64. The summed E-state index contributed by atoms with van der Waals surface area (Å²) in [5.41, 5.74) is 0. The normalized spacial score (nSPS) is 33.2. The van der Waals surface area contributed by atoms with E-state index in [1.165, 1.54) is 45.4 Å². The molecule has 1 unspecified atom stereocenters. The van der Waals surface area contributed by atoms with Crippen LogP contribution in [-0.4, -0.2) is 47.7 Å². The van der Waals surface area contributed by atoms with Gasteiger partial charge in [0.1, 0.15) is 0 Å². The number of rotatable bonds is 2. The maximum Gasteiger partial charge on any atom is 0.0246 e. The second-order valence-electron chi connectivity index (χ2n) is 3.76. The van der Waals surface area contributed by atoms with Crippen molar-refractivity contribution in [2.45, 2.75) is 25.3 Å². The molecular formula is C9H18N2S. The Morgan fingerprint density at radius 3 is 2.50 bits per heavy atom. The summed E-state index contributed by atoms with van der Waals surface area (Å²) >= 11 is 1.90. The number of hydrogen-bond acceptors (Lipinski definition) is 3. The summed E-state index contributed by atoms with van der Waals surface area (Å²) < 4.78 is 2.49. The van der Waals surface area contributed by atoms with Crippen molar-refractivity contribution in [2.75, 3.05) is 32.4 Å². The topological polar surface area (TPSA) is 6.48 Å². The largest absolute Gasteiger partial charge is 0.299 e. The fourth-order valence-corrected chi connectivity index (χ4v) is 2.89. The van der Waals surface area contributed by atoms with Gasteiger partial charge in [0.2, 0.25) is 0 Å². The molecule has 3 heteroatoms. The van der Waals surface area contributed by atoms with Crippen LogP contribution in [-0.2, 0) is 0 Å². The van der Waals surface area contributed by atoms with Crippen molar-refractivity contribution in [2.24, 2.45) is 0 Å². The highest BCUT2D eigenvalue weighted by atomic mass is 32.2. The first kappa shape index (κ1) is 8.85. The van der Waals surface area contributed by atoms with E-state index in [1.807, 2.05) is 11.9 Å². The quantitative estimate of drug-likeness (QED) is 0.602. The van der Waals surface area contributed by atoms with Crippen LogP contribution in [0.25, 0.3) is 0 Å². The van der Waals surface area contributed by atoms with Crippen molar-refractivity contribution in [1.29, 1.82) is 0 Å². The Labute approximate surface area is 79.4 Å². The molecule has 0 aliphatic carbocycles. The summed E-state index contributed by atoms with van der Waals surface area (Å²) in [6, 6.07) is 0.875. The lowest BCUT2D eigenvalue weighted by molar-refractivity contribution is 0.252. The van der Waals surface area contributed by atoms with Crippen molar-refractivity contribution in [3.05, 3.63) is 0 Å². The molecule has 2 nitrogen and oxygen atoms in total. The van der Waals surface area contributed by atoms with Gasteiger partial charge in [-0.25, -0.2) is 4.31 Å². The van der Waals surface area contributed by atoms with Crippen LogP contribution in [0.1, 0.15) is 19.3 Å². The van der Waals surface area contributed by atoms with Gasteiger partial charge in [0.15, 0.2) is 0 Å². The molecule has 0 bridgehead atoms. The molecule has 0 spiro atoms. The van der Waals surface area contributed by atoms with E-state index in [9.17, 15) is 0 Å².